The summed E-state index contributed by atoms with van der Waals surface area (Å²) in [6.45, 7) is 11.8. The number of hydrogen-bond acceptors (Lipinski definition) is 5. The van der Waals surface area contributed by atoms with Gasteiger partial charge in [0.2, 0.25) is 0 Å². The summed E-state index contributed by atoms with van der Waals surface area (Å²) in [5, 5.41) is 15.0. The molecular formula is C31H39BFN4O3. The molecule has 1 spiro atoms. The van der Waals surface area contributed by atoms with Crippen molar-refractivity contribution in [2.45, 2.75) is 90.9 Å². The van der Waals surface area contributed by atoms with Crippen LogP contribution in [0.4, 0.5) is 4.39 Å². The van der Waals surface area contributed by atoms with Gasteiger partial charge in [-0.1, -0.05) is 36.7 Å². The summed E-state index contributed by atoms with van der Waals surface area (Å²) < 4.78 is 22.7. The van der Waals surface area contributed by atoms with Gasteiger partial charge in [0.05, 0.1) is 16.9 Å². The SMILES string of the molecule is CCc1cc(C(=O)N2CCCC3(CC=CC3)C2C)nc2cc(-c3ccc([B]OC(C)(C)C(C)(C)O)cc3F)nn12. The fraction of sp³-hybridized carbons (Fsp3) is 0.516. The summed E-state index contributed by atoms with van der Waals surface area (Å²) >= 11 is 0. The number of aryl methyl sites for hydroxylation is 1. The number of aromatic nitrogens is 3. The highest BCUT2D eigenvalue weighted by molar-refractivity contribution is 6.47. The van der Waals surface area contributed by atoms with E-state index < -0.39 is 17.0 Å². The van der Waals surface area contributed by atoms with Crippen molar-refractivity contribution in [2.24, 2.45) is 5.41 Å². The van der Waals surface area contributed by atoms with Gasteiger partial charge in [-0.15, -0.1) is 0 Å². The van der Waals surface area contributed by atoms with Gasteiger partial charge in [0.15, 0.2) is 5.65 Å². The van der Waals surface area contributed by atoms with Crippen molar-refractivity contribution >= 4 is 24.5 Å². The number of nitrogens with zero attached hydrogens (tertiary/aromatic N) is 4. The summed E-state index contributed by atoms with van der Waals surface area (Å²) in [4.78, 5) is 20.4. The largest absolute Gasteiger partial charge is 0.427 e. The minimum absolute atomic E-state index is 0.0570. The zero-order valence-corrected chi connectivity index (χ0v) is 24.4. The Morgan fingerprint density at radius 2 is 1.93 bits per heavy atom. The van der Waals surface area contributed by atoms with E-state index in [2.05, 4.69) is 24.2 Å². The van der Waals surface area contributed by atoms with Crippen LogP contribution >= 0.6 is 0 Å². The monoisotopic (exact) mass is 545 g/mol. The van der Waals surface area contributed by atoms with Crippen molar-refractivity contribution in [2.75, 3.05) is 6.54 Å². The first-order chi connectivity index (χ1) is 18.8. The van der Waals surface area contributed by atoms with Crippen molar-refractivity contribution in [3.8, 4) is 11.3 Å². The molecule has 1 aliphatic carbocycles. The van der Waals surface area contributed by atoms with Crippen LogP contribution in [0.2, 0.25) is 0 Å². The van der Waals surface area contributed by atoms with Crippen LogP contribution in [0.1, 0.15) is 83.4 Å². The highest BCUT2D eigenvalue weighted by atomic mass is 19.1. The highest BCUT2D eigenvalue weighted by Crippen LogP contribution is 2.46. The summed E-state index contributed by atoms with van der Waals surface area (Å²) in [5.74, 6) is -0.507. The molecule has 1 aliphatic heterocycles. The van der Waals surface area contributed by atoms with Gasteiger partial charge in [0.25, 0.3) is 5.91 Å². The molecule has 7 nitrogen and oxygen atoms in total. The molecule has 1 N–H and O–H groups in total. The maximum Gasteiger partial charge on any atom is 0.331 e. The number of aliphatic hydroxyl groups is 1. The van der Waals surface area contributed by atoms with E-state index in [1.54, 1.807) is 50.4 Å². The van der Waals surface area contributed by atoms with Gasteiger partial charge in [0, 0.05) is 29.9 Å². The van der Waals surface area contributed by atoms with Crippen LogP contribution in [0.5, 0.6) is 0 Å². The summed E-state index contributed by atoms with van der Waals surface area (Å²) in [6.07, 6.45) is 9.29. The minimum atomic E-state index is -1.08. The van der Waals surface area contributed by atoms with E-state index in [9.17, 15) is 9.90 Å². The molecule has 0 bridgehead atoms. The molecule has 1 aromatic carbocycles. The molecule has 9 heteroatoms. The third-order valence-electron chi connectivity index (χ3n) is 9.22. The molecule has 1 saturated heterocycles. The first-order valence-electron chi connectivity index (χ1n) is 14.2. The molecule has 2 aliphatic rings. The van der Waals surface area contributed by atoms with Crippen LogP contribution in [0, 0.1) is 11.2 Å². The smallest absolute Gasteiger partial charge is 0.331 e. The van der Waals surface area contributed by atoms with Crippen molar-refractivity contribution in [1.82, 2.24) is 19.5 Å². The zero-order valence-electron chi connectivity index (χ0n) is 24.4. The summed E-state index contributed by atoms with van der Waals surface area (Å²) in [7, 11) is 1.45. The number of likely N-dealkylation sites (tertiary alicyclic amines) is 1. The quantitative estimate of drug-likeness (QED) is 0.339. The van der Waals surface area contributed by atoms with Crippen LogP contribution in [0.15, 0.2) is 42.5 Å². The lowest BCUT2D eigenvalue weighted by Gasteiger charge is -2.46. The number of amides is 1. The maximum absolute atomic E-state index is 15.3. The zero-order chi connectivity index (χ0) is 28.9. The maximum atomic E-state index is 15.3. The minimum Gasteiger partial charge on any atom is -0.427 e. The second-order valence-electron chi connectivity index (χ2n) is 12.4. The van der Waals surface area contributed by atoms with E-state index in [0.717, 1.165) is 37.9 Å². The van der Waals surface area contributed by atoms with Crippen molar-refractivity contribution in [1.29, 1.82) is 0 Å². The normalized spacial score (nSPS) is 19.1. The van der Waals surface area contributed by atoms with Gasteiger partial charge in [0.1, 0.15) is 11.5 Å². The van der Waals surface area contributed by atoms with Crippen LogP contribution < -0.4 is 5.46 Å². The molecule has 5 rings (SSSR count). The van der Waals surface area contributed by atoms with Crippen molar-refractivity contribution in [3.63, 3.8) is 0 Å². The van der Waals surface area contributed by atoms with Crippen LogP contribution in [0.3, 0.4) is 0 Å². The Balaban J connectivity index is 1.41. The fourth-order valence-electron chi connectivity index (χ4n) is 5.73. The van der Waals surface area contributed by atoms with Crippen LogP contribution in [0.25, 0.3) is 16.9 Å². The lowest BCUT2D eigenvalue weighted by molar-refractivity contribution is -0.0893. The Hall–Kier alpha value is -3.04. The Kier molecular flexibility index (Phi) is 7.42. The molecule has 3 aromatic rings. The third-order valence-corrected chi connectivity index (χ3v) is 9.22. The molecule has 1 unspecified atom stereocenters. The number of fused-ring (bicyclic) bond motifs is 1. The number of rotatable bonds is 7. The van der Waals surface area contributed by atoms with Gasteiger partial charge in [-0.3, -0.25) is 4.79 Å². The van der Waals surface area contributed by atoms with E-state index in [1.807, 2.05) is 17.9 Å². The molecule has 1 fully saturated rings. The molecule has 40 heavy (non-hydrogen) atoms. The number of benzene rings is 1. The molecule has 1 atom stereocenters. The first kappa shape index (κ1) is 28.5. The van der Waals surface area contributed by atoms with E-state index in [-0.39, 0.29) is 17.4 Å². The number of carbonyl (C=O) groups excluding carboxylic acids is 1. The molecule has 211 valence electrons. The molecule has 2 aromatic heterocycles. The Morgan fingerprint density at radius 3 is 2.58 bits per heavy atom. The van der Waals surface area contributed by atoms with Gasteiger partial charge >= 0.3 is 7.48 Å². The topological polar surface area (TPSA) is 80.0 Å². The van der Waals surface area contributed by atoms with E-state index in [1.165, 1.54) is 13.5 Å². The Labute approximate surface area is 236 Å². The average molecular weight is 545 g/mol. The number of halogens is 1. The molecular weight excluding hydrogens is 506 g/mol. The molecule has 3 heterocycles. The average Bonchev–Trinajstić information content (AvgIpc) is 3.55. The number of allylic oxidation sites excluding steroid dienone is 2. The Morgan fingerprint density at radius 1 is 1.20 bits per heavy atom. The van der Waals surface area contributed by atoms with E-state index in [4.69, 9.17) is 9.64 Å². The van der Waals surface area contributed by atoms with Gasteiger partial charge < -0.3 is 14.7 Å². The van der Waals surface area contributed by atoms with Gasteiger partial charge in [-0.25, -0.2) is 13.9 Å². The van der Waals surface area contributed by atoms with Gasteiger partial charge in [-0.2, -0.15) is 5.10 Å². The summed E-state index contributed by atoms with van der Waals surface area (Å²) in [6, 6.07) is 8.48. The van der Waals surface area contributed by atoms with Gasteiger partial charge in [-0.05, 0) is 84.3 Å². The Bertz CT molecular complexity index is 1450. The fourth-order valence-corrected chi connectivity index (χ4v) is 5.73. The first-order valence-corrected chi connectivity index (χ1v) is 14.2. The lowest BCUT2D eigenvalue weighted by atomic mass is 9.72. The molecule has 0 saturated carbocycles. The molecule has 1 amide bonds. The summed E-state index contributed by atoms with van der Waals surface area (Å²) in [5.41, 5.74) is 1.27. The third kappa shape index (κ3) is 5.10. The van der Waals surface area contributed by atoms with Crippen LogP contribution in [-0.2, 0) is 11.1 Å². The van der Waals surface area contributed by atoms with Crippen molar-refractivity contribution in [3.05, 3.63) is 59.7 Å². The second kappa shape index (κ2) is 10.4. The van der Waals surface area contributed by atoms with Crippen molar-refractivity contribution < 1.29 is 18.9 Å². The molecule has 1 radical (unpaired) electrons. The standard InChI is InChI=1S/C31H39BFN4O3/c1-7-22-18-26(28(38)36-16-10-15-31(20(36)2)13-8-9-14-31)34-27-19-25(35-37(22)27)23-12-11-21(17-24(23)33)32-40-30(5,6)29(3,4)39/h8-9,11-12,17-20,39H,7,10,13-16H2,1-6H3. The lowest BCUT2D eigenvalue weighted by Crippen LogP contribution is -2.52. The van der Waals surface area contributed by atoms with Crippen LogP contribution in [-0.4, -0.2) is 61.8 Å². The second-order valence-corrected chi connectivity index (χ2v) is 12.4. The van der Waals surface area contributed by atoms with E-state index in [0.29, 0.717) is 34.5 Å². The van der Waals surface area contributed by atoms with E-state index >= 15 is 4.39 Å². The highest BCUT2D eigenvalue weighted by Gasteiger charge is 2.44. The predicted octanol–water partition coefficient (Wildman–Crippen LogP) is 4.87. The predicted molar refractivity (Wildman–Crippen MR) is 155 cm³/mol. The number of carbonyl (C=O) groups is 1. The number of piperidine rings is 1. The number of hydrogen-bond donors (Lipinski definition) is 1.